The lowest BCUT2D eigenvalue weighted by Crippen LogP contribution is -2.38. The number of carbonyl (C=O) groups excluding carboxylic acids is 2. The number of alkyl halides is 4. The molecule has 2 aromatic heterocycles. The van der Waals surface area contributed by atoms with Crippen LogP contribution in [-0.4, -0.2) is 62.6 Å². The fourth-order valence-electron chi connectivity index (χ4n) is 3.92. The molecule has 3 atom stereocenters. The van der Waals surface area contributed by atoms with Gasteiger partial charge in [-0.1, -0.05) is 0 Å². The Balaban J connectivity index is 1.30. The van der Waals surface area contributed by atoms with Crippen molar-refractivity contribution in [3.63, 3.8) is 0 Å². The van der Waals surface area contributed by atoms with Crippen molar-refractivity contribution in [2.24, 2.45) is 7.05 Å². The molecule has 2 aliphatic carbocycles. The average molecular weight is 502 g/mol. The summed E-state index contributed by atoms with van der Waals surface area (Å²) in [5, 5.41) is 16.1. The second-order valence-electron chi connectivity index (χ2n) is 9.23. The zero-order valence-electron chi connectivity index (χ0n) is 19.1. The Kier molecular flexibility index (Phi) is 6.75. The lowest BCUT2D eigenvalue weighted by atomic mass is 10.0. The summed E-state index contributed by atoms with van der Waals surface area (Å²) in [5.74, 6) is -0.687. The van der Waals surface area contributed by atoms with Crippen LogP contribution >= 0.6 is 0 Å². The van der Waals surface area contributed by atoms with Gasteiger partial charge in [0, 0.05) is 30.3 Å². The number of halogens is 4. The number of alkyl carbamates (subject to hydrolysis) is 1. The minimum atomic E-state index is -4.46. The molecule has 0 aliphatic heterocycles. The van der Waals surface area contributed by atoms with Crippen molar-refractivity contribution < 1.29 is 36.6 Å². The Hall–Kier alpha value is -3.16. The van der Waals surface area contributed by atoms with Gasteiger partial charge >= 0.3 is 12.3 Å². The maximum absolute atomic E-state index is 14.5. The smallest absolute Gasteiger partial charge is 0.411 e. The Labute approximate surface area is 197 Å². The molecule has 14 heteroatoms. The zero-order chi connectivity index (χ0) is 25.4. The van der Waals surface area contributed by atoms with Gasteiger partial charge in [-0.25, -0.2) is 9.18 Å². The molecule has 3 N–H and O–H groups in total. The van der Waals surface area contributed by atoms with Crippen LogP contribution in [0, 0.1) is 0 Å². The first kappa shape index (κ1) is 24.9. The molecule has 2 aliphatic rings. The van der Waals surface area contributed by atoms with Gasteiger partial charge in [0.1, 0.15) is 24.6 Å². The number of hydrogen-bond donors (Lipinski definition) is 3. The average Bonchev–Trinajstić information content (AvgIpc) is 3.09. The second-order valence-corrected chi connectivity index (χ2v) is 9.23. The number of nitrogens with one attached hydrogen (secondary N) is 3. The summed E-state index contributed by atoms with van der Waals surface area (Å²) in [4.78, 5) is 24.6. The summed E-state index contributed by atoms with van der Waals surface area (Å²) in [6.07, 6.45) is -5.16. The Morgan fingerprint density at radius 1 is 1.29 bits per heavy atom. The van der Waals surface area contributed by atoms with Gasteiger partial charge in [-0.3, -0.25) is 14.6 Å². The Morgan fingerprint density at radius 3 is 2.71 bits per heavy atom. The third-order valence-electron chi connectivity index (χ3n) is 6.05. The fourth-order valence-corrected chi connectivity index (χ4v) is 3.92. The molecule has 0 aromatic carbocycles. The van der Waals surface area contributed by atoms with E-state index in [0.717, 1.165) is 12.8 Å². The molecule has 0 spiro atoms. The van der Waals surface area contributed by atoms with E-state index in [1.54, 1.807) is 6.07 Å². The predicted molar refractivity (Wildman–Crippen MR) is 113 cm³/mol. The van der Waals surface area contributed by atoms with Gasteiger partial charge in [-0.2, -0.15) is 23.4 Å². The van der Waals surface area contributed by atoms with Crippen molar-refractivity contribution in [1.29, 1.82) is 0 Å². The van der Waals surface area contributed by atoms with Gasteiger partial charge in [0.25, 0.3) is 5.91 Å². The minimum absolute atomic E-state index is 0.0914. The predicted octanol–water partition coefficient (Wildman–Crippen LogP) is 3.34. The van der Waals surface area contributed by atoms with E-state index < -0.39 is 43.7 Å². The molecule has 4 rings (SSSR count). The molecule has 0 radical (unpaired) electrons. The maximum Gasteiger partial charge on any atom is 0.411 e. The van der Waals surface area contributed by atoms with Gasteiger partial charge in [-0.15, -0.1) is 0 Å². The molecule has 2 amide bonds. The van der Waals surface area contributed by atoms with Crippen LogP contribution in [0.2, 0.25) is 0 Å². The third-order valence-corrected chi connectivity index (χ3v) is 6.05. The molecule has 3 unspecified atom stereocenters. The van der Waals surface area contributed by atoms with E-state index in [1.807, 2.05) is 6.92 Å². The summed E-state index contributed by atoms with van der Waals surface area (Å²) in [5.41, 5.74) is 0.570. The summed E-state index contributed by atoms with van der Waals surface area (Å²) in [6, 6.07) is 2.88. The number of carbonyl (C=O) groups is 2. The monoisotopic (exact) mass is 502 g/mol. The van der Waals surface area contributed by atoms with Gasteiger partial charge in [0.2, 0.25) is 0 Å². The van der Waals surface area contributed by atoms with E-state index in [4.69, 9.17) is 4.74 Å². The van der Waals surface area contributed by atoms with Crippen molar-refractivity contribution in [2.75, 3.05) is 11.9 Å². The Morgan fingerprint density at radius 2 is 2.03 bits per heavy atom. The minimum Gasteiger partial charge on any atom is -0.443 e. The number of amides is 2. The SMILES string of the molecule is Cn1nc(COCC(F)(F)F)cc1C(=O)Nc1cc(C2CC(F)C(OC(=O)NC3(C)CC3)C2)[nH]n1. The van der Waals surface area contributed by atoms with Gasteiger partial charge in [0.05, 0.1) is 12.3 Å². The van der Waals surface area contributed by atoms with Crippen LogP contribution in [0.4, 0.5) is 28.2 Å². The topological polar surface area (TPSA) is 123 Å². The highest BCUT2D eigenvalue weighted by molar-refractivity contribution is 6.02. The highest BCUT2D eigenvalue weighted by Gasteiger charge is 2.42. The second kappa shape index (κ2) is 9.47. The van der Waals surface area contributed by atoms with Crippen molar-refractivity contribution in [3.8, 4) is 0 Å². The fraction of sp³-hybridized carbons (Fsp3) is 0.619. The summed E-state index contributed by atoms with van der Waals surface area (Å²) in [6.45, 7) is 0.0743. The largest absolute Gasteiger partial charge is 0.443 e. The number of aryl methyl sites for hydroxylation is 1. The highest BCUT2D eigenvalue weighted by atomic mass is 19.4. The van der Waals surface area contributed by atoms with E-state index in [2.05, 4.69) is 30.7 Å². The first-order valence-electron chi connectivity index (χ1n) is 11.1. The van der Waals surface area contributed by atoms with Crippen molar-refractivity contribution in [1.82, 2.24) is 25.3 Å². The number of anilines is 1. The number of aromatic amines is 1. The Bertz CT molecular complexity index is 1080. The maximum atomic E-state index is 14.5. The van der Waals surface area contributed by atoms with Crippen LogP contribution in [0.15, 0.2) is 12.1 Å². The number of nitrogens with zero attached hydrogens (tertiary/aromatic N) is 3. The highest BCUT2D eigenvalue weighted by Crippen LogP contribution is 2.39. The molecule has 2 heterocycles. The van der Waals surface area contributed by atoms with Gasteiger partial charge in [-0.05, 0) is 38.7 Å². The van der Waals surface area contributed by atoms with Crippen LogP contribution < -0.4 is 10.6 Å². The van der Waals surface area contributed by atoms with E-state index in [0.29, 0.717) is 5.69 Å². The molecule has 0 saturated heterocycles. The van der Waals surface area contributed by atoms with Gasteiger partial charge in [0.15, 0.2) is 5.82 Å². The van der Waals surface area contributed by atoms with E-state index in [9.17, 15) is 27.2 Å². The molecular weight excluding hydrogens is 476 g/mol. The van der Waals surface area contributed by atoms with E-state index >= 15 is 0 Å². The molecule has 2 aromatic rings. The lowest BCUT2D eigenvalue weighted by Gasteiger charge is -2.17. The number of H-pyrrole nitrogens is 1. The standard InChI is InChI=1S/C21H26F4N6O4/c1-20(3-4-20)27-19(33)35-16-6-11(5-13(16)22)14-8-17(29-28-14)26-18(32)15-7-12(30-31(15)2)9-34-10-21(23,24)25/h7-8,11,13,16H,3-6,9-10H2,1-2H3,(H,27,33)(H2,26,28,29,32). The van der Waals surface area contributed by atoms with Crippen LogP contribution in [0.25, 0.3) is 0 Å². The molecule has 192 valence electrons. The summed E-state index contributed by atoms with van der Waals surface area (Å²) < 4.78 is 62.2. The van der Waals surface area contributed by atoms with Crippen molar-refractivity contribution in [3.05, 3.63) is 29.2 Å². The number of rotatable bonds is 8. The van der Waals surface area contributed by atoms with Crippen LogP contribution in [0.1, 0.15) is 60.4 Å². The van der Waals surface area contributed by atoms with Crippen LogP contribution in [0.3, 0.4) is 0 Å². The number of ether oxygens (including phenoxy) is 2. The lowest BCUT2D eigenvalue weighted by molar-refractivity contribution is -0.176. The number of hydrogen-bond acceptors (Lipinski definition) is 6. The normalized spacial score (nSPS) is 23.2. The first-order chi connectivity index (χ1) is 16.4. The molecular formula is C21H26F4N6O4. The molecule has 2 fully saturated rings. The van der Waals surface area contributed by atoms with E-state index in [-0.39, 0.29) is 41.5 Å². The summed E-state index contributed by atoms with van der Waals surface area (Å²) >= 11 is 0. The third kappa shape index (κ3) is 6.50. The molecule has 0 bridgehead atoms. The van der Waals surface area contributed by atoms with Crippen molar-refractivity contribution in [2.45, 2.75) is 69.1 Å². The quantitative estimate of drug-likeness (QED) is 0.476. The molecule has 2 saturated carbocycles. The zero-order valence-corrected chi connectivity index (χ0v) is 19.1. The van der Waals surface area contributed by atoms with Crippen LogP contribution in [-0.2, 0) is 23.1 Å². The van der Waals surface area contributed by atoms with Gasteiger partial charge < -0.3 is 20.1 Å². The van der Waals surface area contributed by atoms with E-state index in [1.165, 1.54) is 17.8 Å². The van der Waals surface area contributed by atoms with Crippen LogP contribution in [0.5, 0.6) is 0 Å². The number of aromatic nitrogens is 4. The molecule has 35 heavy (non-hydrogen) atoms. The van der Waals surface area contributed by atoms with Crippen molar-refractivity contribution >= 4 is 17.8 Å². The molecule has 10 nitrogen and oxygen atoms in total. The summed E-state index contributed by atoms with van der Waals surface area (Å²) in [7, 11) is 1.47. The first-order valence-corrected chi connectivity index (χ1v) is 11.1.